The fourth-order valence-corrected chi connectivity index (χ4v) is 8.16. The number of hydrogen-bond donors (Lipinski definition) is 1. The second-order valence-corrected chi connectivity index (χ2v) is 14.6. The van der Waals surface area contributed by atoms with Crippen LogP contribution in [-0.4, -0.2) is 27.9 Å². The number of nitrogens with zero attached hydrogens (tertiary/aromatic N) is 4. The molecule has 0 amide bonds. The Morgan fingerprint density at radius 3 is 2.11 bits per heavy atom. The van der Waals surface area contributed by atoms with E-state index in [1.54, 1.807) is 0 Å². The smallest absolute Gasteiger partial charge is 0.161 e. The van der Waals surface area contributed by atoms with Gasteiger partial charge in [-0.05, 0) is 54.7 Å². The van der Waals surface area contributed by atoms with Crippen molar-refractivity contribution in [2.75, 3.05) is 0 Å². The van der Waals surface area contributed by atoms with Gasteiger partial charge in [0.15, 0.2) is 11.7 Å². The molecule has 0 aliphatic carbocycles. The molecule has 1 aliphatic rings. The Morgan fingerprint density at radius 2 is 1.29 bits per heavy atom. The summed E-state index contributed by atoms with van der Waals surface area (Å²) in [6.07, 6.45) is 0. The van der Waals surface area contributed by atoms with E-state index in [9.17, 15) is 0 Å². The molecule has 0 unspecified atom stereocenters. The molecule has 7 aromatic carbocycles. The molecule has 0 radical (unpaired) electrons. The van der Waals surface area contributed by atoms with Gasteiger partial charge in [0.25, 0.3) is 0 Å². The van der Waals surface area contributed by atoms with E-state index in [0.717, 1.165) is 72.3 Å². The molecule has 0 atom stereocenters. The number of aliphatic imine (C=N–C) groups is 3. The van der Waals surface area contributed by atoms with Crippen molar-refractivity contribution in [3.63, 3.8) is 0 Å². The van der Waals surface area contributed by atoms with Gasteiger partial charge in [-0.3, -0.25) is 4.99 Å². The van der Waals surface area contributed by atoms with Crippen LogP contribution in [0.1, 0.15) is 41.7 Å². The molecule has 1 aliphatic heterocycles. The van der Waals surface area contributed by atoms with Gasteiger partial charge in [-0.25, -0.2) is 9.98 Å². The lowest BCUT2D eigenvalue weighted by Crippen LogP contribution is -2.24. The van der Waals surface area contributed by atoms with Crippen molar-refractivity contribution in [1.29, 1.82) is 0 Å². The molecule has 0 fully saturated rings. The zero-order valence-electron chi connectivity index (χ0n) is 30.6. The predicted molar refractivity (Wildman–Crippen MR) is 228 cm³/mol. The number of rotatable bonds is 5. The van der Waals surface area contributed by atoms with Crippen LogP contribution in [0.5, 0.6) is 11.5 Å². The van der Waals surface area contributed by atoms with Crippen molar-refractivity contribution in [2.45, 2.75) is 25.8 Å². The van der Waals surface area contributed by atoms with E-state index < -0.39 is 0 Å². The summed E-state index contributed by atoms with van der Waals surface area (Å²) in [4.78, 5) is 18.0. The third-order valence-electron chi connectivity index (χ3n) is 11.0. The van der Waals surface area contributed by atoms with E-state index in [4.69, 9.17) is 14.7 Å². The third-order valence-corrected chi connectivity index (χ3v) is 11.0. The average molecular weight is 712 g/mol. The molecule has 264 valence electrons. The van der Waals surface area contributed by atoms with Crippen molar-refractivity contribution in [2.24, 2.45) is 15.0 Å². The first-order valence-electron chi connectivity index (χ1n) is 18.6. The molecular weight excluding hydrogens is 675 g/mol. The predicted octanol–water partition coefficient (Wildman–Crippen LogP) is 11.9. The summed E-state index contributed by atoms with van der Waals surface area (Å²) in [5.41, 5.74) is 10.3. The van der Waals surface area contributed by atoms with Crippen LogP contribution in [0.2, 0.25) is 0 Å². The van der Waals surface area contributed by atoms with Crippen LogP contribution in [0.3, 0.4) is 0 Å². The lowest BCUT2D eigenvalue weighted by molar-refractivity contribution is 0.420. The van der Waals surface area contributed by atoms with Crippen LogP contribution in [-0.2, 0) is 12.0 Å². The van der Waals surface area contributed by atoms with Gasteiger partial charge in [0, 0.05) is 66.5 Å². The molecule has 2 aromatic heterocycles. The molecule has 0 saturated heterocycles. The lowest BCUT2D eigenvalue weighted by Gasteiger charge is -2.34. The van der Waals surface area contributed by atoms with Crippen molar-refractivity contribution in [3.8, 4) is 17.2 Å². The molecule has 55 heavy (non-hydrogen) atoms. The molecule has 1 N–H and O–H groups in total. The van der Waals surface area contributed by atoms with Gasteiger partial charge in [0.05, 0.1) is 23.1 Å². The summed E-state index contributed by atoms with van der Waals surface area (Å²) in [6, 6.07) is 54.7. The van der Waals surface area contributed by atoms with Gasteiger partial charge in [-0.2, -0.15) is 0 Å². The number of aromatic amines is 1. The van der Waals surface area contributed by atoms with Gasteiger partial charge in [0.1, 0.15) is 11.5 Å². The minimum absolute atomic E-state index is 0.329. The zero-order chi connectivity index (χ0) is 37.1. The Kier molecular flexibility index (Phi) is 7.59. The summed E-state index contributed by atoms with van der Waals surface area (Å²) in [5.74, 6) is 2.88. The first-order chi connectivity index (χ1) is 27.0. The number of hydrogen-bond acceptors (Lipinski definition) is 2. The number of H-pyrrole nitrogens is 1. The van der Waals surface area contributed by atoms with E-state index in [1.165, 1.54) is 16.3 Å². The topological polar surface area (TPSA) is 67.0 Å². The Labute approximate surface area is 318 Å². The van der Waals surface area contributed by atoms with Gasteiger partial charge >= 0.3 is 0 Å². The zero-order valence-corrected chi connectivity index (χ0v) is 30.6. The monoisotopic (exact) mass is 711 g/mol. The fourth-order valence-electron chi connectivity index (χ4n) is 8.16. The number of fused-ring (bicyclic) bond motifs is 8. The Hall–Kier alpha value is -7.05. The second kappa shape index (κ2) is 12.8. The second-order valence-electron chi connectivity index (χ2n) is 14.6. The van der Waals surface area contributed by atoms with Crippen LogP contribution in [0.15, 0.2) is 173 Å². The standard InChI is InChI=1S/C49H37N5O/c1-49(2)39-26-37-35-21-10-12-23-41(35)52-42(37)29-46(39)55-45-27-38-36-22-11-13-24-43(36)54(44(38)28-40(45)49)34-20-14-19-33(25-34)48(51-30-31-15-6-4-7-16-31)53-47(50-3)32-17-8-5-9-18-32/h4-29,52H,3,30H2,1-2H3/b51-48-,53-47-. The van der Waals surface area contributed by atoms with Crippen LogP contribution in [0.4, 0.5) is 0 Å². The number of amidine groups is 2. The molecule has 10 rings (SSSR count). The Bertz CT molecular complexity index is 3020. The minimum Gasteiger partial charge on any atom is -0.457 e. The lowest BCUT2D eigenvalue weighted by atomic mass is 9.75. The maximum atomic E-state index is 6.81. The number of nitrogens with one attached hydrogen (secondary N) is 1. The van der Waals surface area contributed by atoms with E-state index in [-0.39, 0.29) is 5.41 Å². The number of benzene rings is 7. The van der Waals surface area contributed by atoms with Crippen molar-refractivity contribution in [1.82, 2.24) is 9.55 Å². The molecule has 9 aromatic rings. The Morgan fingerprint density at radius 1 is 0.600 bits per heavy atom. The highest BCUT2D eigenvalue weighted by molar-refractivity contribution is 6.14. The normalized spacial score (nSPS) is 13.9. The van der Waals surface area contributed by atoms with Crippen LogP contribution in [0, 0.1) is 0 Å². The maximum Gasteiger partial charge on any atom is 0.161 e. The molecular formula is C49H37N5O. The highest BCUT2D eigenvalue weighted by Gasteiger charge is 2.36. The summed E-state index contributed by atoms with van der Waals surface area (Å²) in [5, 5.41) is 4.70. The van der Waals surface area contributed by atoms with E-state index in [2.05, 4.69) is 144 Å². The summed E-state index contributed by atoms with van der Waals surface area (Å²) in [6.45, 7) is 8.95. The van der Waals surface area contributed by atoms with Crippen LogP contribution in [0.25, 0.3) is 49.3 Å². The molecule has 0 bridgehead atoms. The number of aromatic nitrogens is 2. The third kappa shape index (κ3) is 5.45. The summed E-state index contributed by atoms with van der Waals surface area (Å²) in [7, 11) is 0. The largest absolute Gasteiger partial charge is 0.457 e. The maximum absolute atomic E-state index is 6.81. The number of para-hydroxylation sites is 2. The van der Waals surface area contributed by atoms with Crippen LogP contribution >= 0.6 is 0 Å². The molecule has 6 nitrogen and oxygen atoms in total. The Balaban J connectivity index is 1.14. The van der Waals surface area contributed by atoms with Crippen molar-refractivity contribution < 1.29 is 4.74 Å². The quantitative estimate of drug-likeness (QED) is 0.140. The van der Waals surface area contributed by atoms with Crippen molar-refractivity contribution in [3.05, 3.63) is 186 Å². The molecule has 0 spiro atoms. The molecule has 6 heteroatoms. The molecule has 0 saturated carbocycles. The summed E-state index contributed by atoms with van der Waals surface area (Å²) < 4.78 is 9.17. The first kappa shape index (κ1) is 32.6. The minimum atomic E-state index is -0.329. The van der Waals surface area contributed by atoms with Gasteiger partial charge in [-0.15, -0.1) is 0 Å². The van der Waals surface area contributed by atoms with E-state index >= 15 is 0 Å². The SMILES string of the molecule is C=N/C(=N\C(=N/Cc1ccccc1)c1cccc(-n2c3ccccc3c3cc4c(cc32)C(C)(C)c2cc3c(cc2O4)[nH]c2ccccc23)c1)c1ccccc1. The van der Waals surface area contributed by atoms with E-state index in [0.29, 0.717) is 18.2 Å². The average Bonchev–Trinajstić information content (AvgIpc) is 3.75. The fraction of sp³-hybridized carbons (Fsp3) is 0.0816. The molecule has 3 heterocycles. The van der Waals surface area contributed by atoms with Crippen LogP contribution < -0.4 is 4.74 Å². The highest BCUT2D eigenvalue weighted by atomic mass is 16.5. The van der Waals surface area contributed by atoms with Crippen molar-refractivity contribution >= 4 is 62.0 Å². The van der Waals surface area contributed by atoms with Gasteiger partial charge < -0.3 is 14.3 Å². The number of ether oxygens (including phenoxy) is 1. The van der Waals surface area contributed by atoms with E-state index in [1.807, 2.05) is 48.5 Å². The van der Waals surface area contributed by atoms with Gasteiger partial charge in [0.2, 0.25) is 0 Å². The first-order valence-corrected chi connectivity index (χ1v) is 18.6. The highest BCUT2D eigenvalue weighted by Crippen LogP contribution is 2.51. The summed E-state index contributed by atoms with van der Waals surface area (Å²) >= 11 is 0. The van der Waals surface area contributed by atoms with Gasteiger partial charge in [-0.1, -0.05) is 123 Å².